The van der Waals surface area contributed by atoms with Gasteiger partial charge < -0.3 is 14.6 Å². The Balaban J connectivity index is 2.35. The maximum Gasteiger partial charge on any atom is 0.488 e. The number of aromatic nitrogens is 2. The molecular formula is C13H15BN2O4. The van der Waals surface area contributed by atoms with E-state index in [1.807, 2.05) is 6.92 Å². The average Bonchev–Trinajstić information content (AvgIpc) is 2.44. The Morgan fingerprint density at radius 2 is 1.75 bits per heavy atom. The van der Waals surface area contributed by atoms with E-state index in [-0.39, 0.29) is 17.8 Å². The van der Waals surface area contributed by atoms with Crippen LogP contribution in [0.25, 0.3) is 0 Å². The molecule has 0 saturated heterocycles. The zero-order valence-corrected chi connectivity index (χ0v) is 11.1. The Labute approximate surface area is 115 Å². The number of hydrogen-bond donors (Lipinski definition) is 2. The molecule has 0 aliphatic heterocycles. The molecule has 0 bridgehead atoms. The zero-order valence-electron chi connectivity index (χ0n) is 11.1. The van der Waals surface area contributed by atoms with Gasteiger partial charge in [-0.3, -0.25) is 9.36 Å². The fourth-order valence-corrected chi connectivity index (χ4v) is 1.92. The number of aryl methyl sites for hydroxylation is 1. The third kappa shape index (κ3) is 2.89. The molecule has 0 atom stereocenters. The van der Waals surface area contributed by atoms with Gasteiger partial charge in [0.05, 0.1) is 6.54 Å². The third-order valence-electron chi connectivity index (χ3n) is 3.10. The van der Waals surface area contributed by atoms with E-state index in [0.29, 0.717) is 12.0 Å². The summed E-state index contributed by atoms with van der Waals surface area (Å²) in [5.41, 5.74) is 0.389. The Kier molecular flexibility index (Phi) is 4.21. The predicted octanol–water partition coefficient (Wildman–Crippen LogP) is -1.24. The normalized spacial score (nSPS) is 10.6. The van der Waals surface area contributed by atoms with Crippen LogP contribution in [-0.2, 0) is 13.1 Å². The summed E-state index contributed by atoms with van der Waals surface area (Å²) in [6.45, 7) is 2.47. The molecule has 1 aromatic carbocycles. The van der Waals surface area contributed by atoms with Crippen LogP contribution in [0, 0.1) is 0 Å². The number of rotatable bonds is 4. The van der Waals surface area contributed by atoms with Crippen molar-refractivity contribution in [1.29, 1.82) is 0 Å². The van der Waals surface area contributed by atoms with Gasteiger partial charge in [0.15, 0.2) is 0 Å². The van der Waals surface area contributed by atoms with E-state index in [1.165, 1.54) is 16.8 Å². The van der Waals surface area contributed by atoms with Gasteiger partial charge in [-0.25, -0.2) is 4.79 Å². The molecule has 6 nitrogen and oxygen atoms in total. The average molecular weight is 274 g/mol. The second-order valence-electron chi connectivity index (χ2n) is 4.42. The van der Waals surface area contributed by atoms with Gasteiger partial charge in [-0.05, 0) is 17.9 Å². The Morgan fingerprint density at radius 1 is 1.10 bits per heavy atom. The highest BCUT2D eigenvalue weighted by molar-refractivity contribution is 6.58. The van der Waals surface area contributed by atoms with E-state index in [2.05, 4.69) is 0 Å². The number of hydrogen-bond acceptors (Lipinski definition) is 4. The molecule has 0 fully saturated rings. The summed E-state index contributed by atoms with van der Waals surface area (Å²) in [5, 5.41) is 18.0. The first-order valence-corrected chi connectivity index (χ1v) is 6.28. The van der Waals surface area contributed by atoms with E-state index < -0.39 is 7.12 Å². The quantitative estimate of drug-likeness (QED) is 0.683. The molecule has 7 heteroatoms. The fraction of sp³-hybridized carbons (Fsp3) is 0.231. The maximum absolute atomic E-state index is 12.0. The lowest BCUT2D eigenvalue weighted by atomic mass is 9.80. The van der Waals surface area contributed by atoms with Crippen LogP contribution in [0.3, 0.4) is 0 Å². The summed E-state index contributed by atoms with van der Waals surface area (Å²) < 4.78 is 2.60. The van der Waals surface area contributed by atoms with Crippen molar-refractivity contribution >= 4 is 12.6 Å². The van der Waals surface area contributed by atoms with Gasteiger partial charge in [0.25, 0.3) is 5.56 Å². The Morgan fingerprint density at radius 3 is 2.30 bits per heavy atom. The van der Waals surface area contributed by atoms with Gasteiger partial charge in [0.1, 0.15) is 0 Å². The van der Waals surface area contributed by atoms with Crippen LogP contribution in [0.15, 0.2) is 46.1 Å². The summed E-state index contributed by atoms with van der Waals surface area (Å²) in [4.78, 5) is 23.8. The summed E-state index contributed by atoms with van der Waals surface area (Å²) in [6, 6.07) is 7.77. The van der Waals surface area contributed by atoms with E-state index >= 15 is 0 Å². The smallest absolute Gasteiger partial charge is 0.423 e. The van der Waals surface area contributed by atoms with Crippen molar-refractivity contribution in [1.82, 2.24) is 9.13 Å². The molecule has 1 heterocycles. The summed E-state index contributed by atoms with van der Waals surface area (Å²) in [7, 11) is -1.53. The molecule has 0 saturated carbocycles. The zero-order chi connectivity index (χ0) is 14.7. The molecule has 0 radical (unpaired) electrons. The highest BCUT2D eigenvalue weighted by atomic mass is 16.4. The lowest BCUT2D eigenvalue weighted by Gasteiger charge is -2.08. The van der Waals surface area contributed by atoms with Crippen LogP contribution in [0.1, 0.15) is 12.5 Å². The molecule has 0 amide bonds. The van der Waals surface area contributed by atoms with E-state index in [9.17, 15) is 9.59 Å². The first-order valence-electron chi connectivity index (χ1n) is 6.28. The van der Waals surface area contributed by atoms with E-state index in [1.54, 1.807) is 24.3 Å². The van der Waals surface area contributed by atoms with Crippen molar-refractivity contribution in [3.8, 4) is 0 Å². The Bertz CT molecular complexity index is 704. The molecule has 2 rings (SSSR count). The minimum atomic E-state index is -1.53. The molecule has 1 aromatic heterocycles. The third-order valence-corrected chi connectivity index (χ3v) is 3.10. The lowest BCUT2D eigenvalue weighted by Crippen LogP contribution is -2.39. The highest BCUT2D eigenvalue weighted by Gasteiger charge is 2.10. The molecule has 20 heavy (non-hydrogen) atoms. The second-order valence-corrected chi connectivity index (χ2v) is 4.42. The summed E-state index contributed by atoms with van der Waals surface area (Å²) in [6.07, 6.45) is 1.48. The minimum absolute atomic E-state index is 0.153. The largest absolute Gasteiger partial charge is 0.488 e. The number of nitrogens with zero attached hydrogens (tertiary/aromatic N) is 2. The van der Waals surface area contributed by atoms with Gasteiger partial charge >= 0.3 is 12.8 Å². The Hall–Kier alpha value is -2.12. The SMILES string of the molecule is CCn1ccc(=O)n(Cc2ccc(B(O)O)cc2)c1=O. The molecule has 0 aliphatic carbocycles. The van der Waals surface area contributed by atoms with E-state index in [0.717, 1.165) is 10.1 Å². The molecule has 0 unspecified atom stereocenters. The van der Waals surface area contributed by atoms with Gasteiger partial charge in [-0.15, -0.1) is 0 Å². The standard InChI is InChI=1S/C13H15BN2O4/c1-2-15-8-7-12(17)16(13(15)18)9-10-3-5-11(6-4-10)14(19)20/h3-8,19-20H,2,9H2,1H3. The van der Waals surface area contributed by atoms with Crippen molar-refractivity contribution in [2.24, 2.45) is 0 Å². The molecule has 2 N–H and O–H groups in total. The van der Waals surface area contributed by atoms with Crippen LogP contribution in [0.5, 0.6) is 0 Å². The molecule has 0 spiro atoms. The van der Waals surface area contributed by atoms with Crippen LogP contribution in [-0.4, -0.2) is 26.3 Å². The minimum Gasteiger partial charge on any atom is -0.423 e. The molecule has 0 aliphatic rings. The van der Waals surface area contributed by atoms with Gasteiger partial charge in [-0.1, -0.05) is 24.3 Å². The predicted molar refractivity (Wildman–Crippen MR) is 76.0 cm³/mol. The van der Waals surface area contributed by atoms with Crippen molar-refractivity contribution in [3.63, 3.8) is 0 Å². The van der Waals surface area contributed by atoms with Crippen molar-refractivity contribution in [2.75, 3.05) is 0 Å². The van der Waals surface area contributed by atoms with Crippen molar-refractivity contribution in [3.05, 3.63) is 62.9 Å². The maximum atomic E-state index is 12.0. The van der Waals surface area contributed by atoms with Gasteiger partial charge in [0.2, 0.25) is 0 Å². The number of benzene rings is 1. The molecule has 2 aromatic rings. The first-order chi connectivity index (χ1) is 9.52. The fourth-order valence-electron chi connectivity index (χ4n) is 1.92. The first kappa shape index (κ1) is 14.3. The van der Waals surface area contributed by atoms with Crippen LogP contribution >= 0.6 is 0 Å². The van der Waals surface area contributed by atoms with Crippen molar-refractivity contribution < 1.29 is 10.0 Å². The van der Waals surface area contributed by atoms with E-state index in [4.69, 9.17) is 10.0 Å². The monoisotopic (exact) mass is 274 g/mol. The highest BCUT2D eigenvalue weighted by Crippen LogP contribution is 1.98. The topological polar surface area (TPSA) is 84.5 Å². The van der Waals surface area contributed by atoms with Crippen LogP contribution in [0.4, 0.5) is 0 Å². The lowest BCUT2D eigenvalue weighted by molar-refractivity contribution is 0.426. The van der Waals surface area contributed by atoms with Crippen molar-refractivity contribution in [2.45, 2.75) is 20.0 Å². The molecular weight excluding hydrogens is 259 g/mol. The molecule has 104 valence electrons. The summed E-state index contributed by atoms with van der Waals surface area (Å²) in [5.74, 6) is 0. The summed E-state index contributed by atoms with van der Waals surface area (Å²) >= 11 is 0. The van der Waals surface area contributed by atoms with Gasteiger partial charge in [0, 0.05) is 18.8 Å². The van der Waals surface area contributed by atoms with Gasteiger partial charge in [-0.2, -0.15) is 0 Å². The second kappa shape index (κ2) is 5.89. The van der Waals surface area contributed by atoms with Crippen LogP contribution in [0.2, 0.25) is 0 Å². The van der Waals surface area contributed by atoms with Crippen LogP contribution < -0.4 is 16.7 Å².